The quantitative estimate of drug-likeness (QED) is 0.825. The first-order valence-corrected chi connectivity index (χ1v) is 8.05. The lowest BCUT2D eigenvalue weighted by atomic mass is 10.2. The van der Waals surface area contributed by atoms with Crippen molar-refractivity contribution in [2.24, 2.45) is 0 Å². The third kappa shape index (κ3) is 4.32. The molecule has 0 saturated heterocycles. The van der Waals surface area contributed by atoms with E-state index in [1.165, 1.54) is 22.1 Å². The van der Waals surface area contributed by atoms with Crippen molar-refractivity contribution in [3.8, 4) is 0 Å². The van der Waals surface area contributed by atoms with Crippen LogP contribution in [0.5, 0.6) is 0 Å². The second-order valence-corrected chi connectivity index (χ2v) is 6.71. The van der Waals surface area contributed by atoms with Crippen LogP contribution in [0, 0.1) is 19.7 Å². The predicted molar refractivity (Wildman–Crippen MR) is 88.4 cm³/mol. The van der Waals surface area contributed by atoms with Gasteiger partial charge >= 0.3 is 0 Å². The van der Waals surface area contributed by atoms with Crippen molar-refractivity contribution < 1.29 is 4.39 Å². The van der Waals surface area contributed by atoms with Gasteiger partial charge in [0.15, 0.2) is 0 Å². The van der Waals surface area contributed by atoms with E-state index < -0.39 is 0 Å². The highest BCUT2D eigenvalue weighted by Gasteiger charge is 2.11. The highest BCUT2D eigenvalue weighted by atomic mass is 32.2. The zero-order valence-corrected chi connectivity index (χ0v) is 13.9. The lowest BCUT2D eigenvalue weighted by Gasteiger charge is -2.14. The zero-order chi connectivity index (χ0) is 15.4. The van der Waals surface area contributed by atoms with Gasteiger partial charge in [0.05, 0.1) is 0 Å². The van der Waals surface area contributed by atoms with Crippen LogP contribution in [0.1, 0.15) is 30.5 Å². The van der Waals surface area contributed by atoms with Gasteiger partial charge in [-0.2, -0.15) is 0 Å². The molecule has 21 heavy (non-hydrogen) atoms. The van der Waals surface area contributed by atoms with Crippen molar-refractivity contribution >= 4 is 11.8 Å². The minimum absolute atomic E-state index is 0.140. The molecule has 0 unspecified atom stereocenters. The van der Waals surface area contributed by atoms with E-state index in [9.17, 15) is 4.39 Å². The summed E-state index contributed by atoms with van der Waals surface area (Å²) in [5.74, 6) is -0.140. The summed E-state index contributed by atoms with van der Waals surface area (Å²) in [6, 6.07) is 12.0. The molecule has 0 aromatic heterocycles. The van der Waals surface area contributed by atoms with Crippen LogP contribution in [0.3, 0.4) is 0 Å². The van der Waals surface area contributed by atoms with E-state index in [0.717, 1.165) is 10.5 Å². The number of hydrogen-bond donors (Lipinski definition) is 1. The van der Waals surface area contributed by atoms with Crippen LogP contribution >= 0.6 is 11.8 Å². The fraction of sp³-hybridized carbons (Fsp3) is 0.333. The van der Waals surface area contributed by atoms with Gasteiger partial charge in [-0.3, -0.25) is 0 Å². The van der Waals surface area contributed by atoms with E-state index in [0.29, 0.717) is 12.6 Å². The molecule has 0 atom stereocenters. The van der Waals surface area contributed by atoms with E-state index in [1.54, 1.807) is 17.8 Å². The van der Waals surface area contributed by atoms with Crippen LogP contribution in [0.4, 0.5) is 4.39 Å². The molecule has 2 aromatic rings. The van der Waals surface area contributed by atoms with Crippen LogP contribution in [-0.4, -0.2) is 6.04 Å². The Hall–Kier alpha value is -1.32. The maximum Gasteiger partial charge on any atom is 0.128 e. The Balaban J connectivity index is 2.31. The van der Waals surface area contributed by atoms with E-state index in [-0.39, 0.29) is 5.82 Å². The summed E-state index contributed by atoms with van der Waals surface area (Å²) in [5, 5.41) is 3.30. The van der Waals surface area contributed by atoms with Gasteiger partial charge in [-0.05, 0) is 43.2 Å². The standard InChI is InChI=1S/C18H22FNS/c1-12(2)20-11-15-16(19)6-5-7-17(15)21-18-10-13(3)8-9-14(18)4/h5-10,12,20H,11H2,1-4H3. The molecule has 0 heterocycles. The Labute approximate surface area is 131 Å². The zero-order valence-electron chi connectivity index (χ0n) is 13.0. The molecule has 0 bridgehead atoms. The summed E-state index contributed by atoms with van der Waals surface area (Å²) in [5.41, 5.74) is 3.19. The highest BCUT2D eigenvalue weighted by Crippen LogP contribution is 2.34. The summed E-state index contributed by atoms with van der Waals surface area (Å²) >= 11 is 1.64. The van der Waals surface area contributed by atoms with Crippen LogP contribution < -0.4 is 5.32 Å². The molecule has 0 aliphatic carbocycles. The first kappa shape index (κ1) is 16.1. The topological polar surface area (TPSA) is 12.0 Å². The summed E-state index contributed by atoms with van der Waals surface area (Å²) in [6.07, 6.45) is 0. The number of rotatable bonds is 5. The Morgan fingerprint density at radius 1 is 1.10 bits per heavy atom. The minimum Gasteiger partial charge on any atom is -0.310 e. The van der Waals surface area contributed by atoms with E-state index in [4.69, 9.17) is 0 Å². The first-order valence-electron chi connectivity index (χ1n) is 7.23. The fourth-order valence-corrected chi connectivity index (χ4v) is 3.20. The third-order valence-corrected chi connectivity index (χ3v) is 4.59. The molecule has 3 heteroatoms. The predicted octanol–water partition coefficient (Wildman–Crippen LogP) is 5.09. The number of hydrogen-bond acceptors (Lipinski definition) is 2. The van der Waals surface area contributed by atoms with Crippen molar-refractivity contribution in [1.29, 1.82) is 0 Å². The number of benzene rings is 2. The Bertz CT molecular complexity index is 623. The van der Waals surface area contributed by atoms with E-state index in [2.05, 4.69) is 51.2 Å². The largest absolute Gasteiger partial charge is 0.310 e. The molecule has 2 aromatic carbocycles. The molecule has 0 fully saturated rings. The fourth-order valence-electron chi connectivity index (χ4n) is 2.05. The maximum absolute atomic E-state index is 14.1. The van der Waals surface area contributed by atoms with Gasteiger partial charge in [-0.25, -0.2) is 4.39 Å². The van der Waals surface area contributed by atoms with Gasteiger partial charge in [-0.1, -0.05) is 43.8 Å². The van der Waals surface area contributed by atoms with Gasteiger partial charge in [0, 0.05) is 27.9 Å². The summed E-state index contributed by atoms with van der Waals surface area (Å²) in [6.45, 7) is 8.86. The molecular weight excluding hydrogens is 281 g/mol. The second-order valence-electron chi connectivity index (χ2n) is 5.62. The van der Waals surface area contributed by atoms with Crippen LogP contribution in [0.25, 0.3) is 0 Å². The Morgan fingerprint density at radius 3 is 2.57 bits per heavy atom. The molecule has 0 spiro atoms. The van der Waals surface area contributed by atoms with Gasteiger partial charge in [0.2, 0.25) is 0 Å². The van der Waals surface area contributed by atoms with E-state index in [1.807, 2.05) is 6.07 Å². The monoisotopic (exact) mass is 303 g/mol. The van der Waals surface area contributed by atoms with Gasteiger partial charge in [0.1, 0.15) is 5.82 Å². The molecule has 1 nitrogen and oxygen atoms in total. The molecule has 0 saturated carbocycles. The summed E-state index contributed by atoms with van der Waals surface area (Å²) in [7, 11) is 0. The average molecular weight is 303 g/mol. The van der Waals surface area contributed by atoms with E-state index >= 15 is 0 Å². The Morgan fingerprint density at radius 2 is 1.86 bits per heavy atom. The van der Waals surface area contributed by atoms with Crippen molar-refractivity contribution in [2.45, 2.75) is 50.1 Å². The minimum atomic E-state index is -0.140. The van der Waals surface area contributed by atoms with Crippen LogP contribution in [0.15, 0.2) is 46.2 Å². The molecule has 2 rings (SSSR count). The average Bonchev–Trinajstić information content (AvgIpc) is 2.42. The SMILES string of the molecule is Cc1ccc(C)c(Sc2cccc(F)c2CNC(C)C)c1. The Kier molecular flexibility index (Phi) is 5.43. The molecule has 112 valence electrons. The van der Waals surface area contributed by atoms with Crippen LogP contribution in [0.2, 0.25) is 0 Å². The molecule has 0 aliphatic rings. The van der Waals surface area contributed by atoms with Crippen molar-refractivity contribution in [3.05, 3.63) is 58.9 Å². The second kappa shape index (κ2) is 7.10. The van der Waals surface area contributed by atoms with Crippen LogP contribution in [-0.2, 0) is 6.54 Å². The number of aryl methyl sites for hydroxylation is 2. The first-order chi connectivity index (χ1) is 9.97. The summed E-state index contributed by atoms with van der Waals surface area (Å²) in [4.78, 5) is 2.17. The smallest absolute Gasteiger partial charge is 0.128 e. The normalized spacial score (nSPS) is 11.1. The molecule has 1 N–H and O–H groups in total. The maximum atomic E-state index is 14.1. The van der Waals surface area contributed by atoms with Crippen molar-refractivity contribution in [2.75, 3.05) is 0 Å². The molecular formula is C18H22FNS. The number of nitrogens with one attached hydrogen (secondary N) is 1. The highest BCUT2D eigenvalue weighted by molar-refractivity contribution is 7.99. The number of halogens is 1. The lowest BCUT2D eigenvalue weighted by Crippen LogP contribution is -2.22. The van der Waals surface area contributed by atoms with Gasteiger partial charge < -0.3 is 5.32 Å². The molecule has 0 aliphatic heterocycles. The lowest BCUT2D eigenvalue weighted by molar-refractivity contribution is 0.546. The van der Waals surface area contributed by atoms with Crippen molar-refractivity contribution in [3.63, 3.8) is 0 Å². The molecule has 0 amide bonds. The summed E-state index contributed by atoms with van der Waals surface area (Å²) < 4.78 is 14.1. The van der Waals surface area contributed by atoms with Gasteiger partial charge in [0.25, 0.3) is 0 Å². The molecule has 0 radical (unpaired) electrons. The van der Waals surface area contributed by atoms with Gasteiger partial charge in [-0.15, -0.1) is 0 Å². The van der Waals surface area contributed by atoms with Crippen molar-refractivity contribution in [1.82, 2.24) is 5.32 Å². The third-order valence-electron chi connectivity index (χ3n) is 3.33.